The third-order valence-electron chi connectivity index (χ3n) is 6.51. The number of aryl methyl sites for hydroxylation is 1. The van der Waals surface area contributed by atoms with Crippen molar-refractivity contribution >= 4 is 16.9 Å². The van der Waals surface area contributed by atoms with Gasteiger partial charge in [-0.2, -0.15) is 0 Å². The molecule has 2 atom stereocenters. The van der Waals surface area contributed by atoms with Gasteiger partial charge in [-0.15, -0.1) is 0 Å². The van der Waals surface area contributed by atoms with Gasteiger partial charge in [0.05, 0.1) is 23.1 Å². The molecule has 4 aromatic rings. The van der Waals surface area contributed by atoms with Gasteiger partial charge < -0.3 is 15.0 Å². The zero-order valence-corrected chi connectivity index (χ0v) is 18.1. The average molecular weight is 425 g/mol. The Labute approximate surface area is 185 Å². The fourth-order valence-electron chi connectivity index (χ4n) is 5.06. The zero-order chi connectivity index (χ0) is 22.2. The fraction of sp³-hybridized carbons (Fsp3) is 0.280. The van der Waals surface area contributed by atoms with Crippen LogP contribution < -0.4 is 5.32 Å². The number of carbonyl (C=O) groups excluding carboxylic acids is 1. The number of imidazole rings is 1. The lowest BCUT2D eigenvalue weighted by Gasteiger charge is -2.23. The summed E-state index contributed by atoms with van der Waals surface area (Å²) in [5.41, 5.74) is 5.08. The van der Waals surface area contributed by atoms with Gasteiger partial charge in [0.25, 0.3) is 5.91 Å². The molecule has 0 saturated carbocycles. The Balaban J connectivity index is 1.61. The van der Waals surface area contributed by atoms with Crippen LogP contribution in [0.25, 0.3) is 22.2 Å². The van der Waals surface area contributed by atoms with Crippen LogP contribution in [0.2, 0.25) is 0 Å². The lowest BCUT2D eigenvalue weighted by atomic mass is 9.89. The van der Waals surface area contributed by atoms with Crippen LogP contribution in [0.15, 0.2) is 48.7 Å². The number of rotatable bonds is 2. The molecule has 2 unspecified atom stereocenters. The molecule has 160 valence electrons. The normalized spacial score (nSPS) is 19.4. The number of aliphatic hydroxyl groups is 1. The van der Waals surface area contributed by atoms with E-state index in [4.69, 9.17) is 4.98 Å². The van der Waals surface area contributed by atoms with Crippen molar-refractivity contribution in [3.63, 3.8) is 0 Å². The fourth-order valence-corrected chi connectivity index (χ4v) is 5.06. The molecular formula is C25H23N5O2. The van der Waals surface area contributed by atoms with Crippen molar-refractivity contribution in [2.45, 2.75) is 44.9 Å². The molecule has 0 radical (unpaired) electrons. The number of para-hydroxylation sites is 2. The lowest BCUT2D eigenvalue weighted by molar-refractivity contribution is 0.0685. The molecule has 4 heterocycles. The Bertz CT molecular complexity index is 1420. The van der Waals surface area contributed by atoms with Crippen molar-refractivity contribution in [2.24, 2.45) is 0 Å². The highest BCUT2D eigenvalue weighted by molar-refractivity contribution is 5.99. The molecule has 1 amide bonds. The largest absolute Gasteiger partial charge is 0.382 e. The van der Waals surface area contributed by atoms with Crippen LogP contribution in [0, 0.1) is 6.92 Å². The molecule has 7 nitrogen and oxygen atoms in total. The number of hydrogen-bond acceptors (Lipinski definition) is 5. The first-order valence-corrected chi connectivity index (χ1v) is 10.8. The van der Waals surface area contributed by atoms with E-state index in [1.165, 1.54) is 0 Å². The van der Waals surface area contributed by atoms with Crippen LogP contribution in [0.1, 0.15) is 65.6 Å². The van der Waals surface area contributed by atoms with E-state index in [9.17, 15) is 9.90 Å². The zero-order valence-electron chi connectivity index (χ0n) is 18.1. The highest BCUT2D eigenvalue weighted by atomic mass is 16.3. The van der Waals surface area contributed by atoms with E-state index < -0.39 is 5.60 Å². The number of nitrogens with one attached hydrogen (secondary N) is 1. The topological polar surface area (TPSA) is 92.9 Å². The predicted octanol–water partition coefficient (Wildman–Crippen LogP) is 3.81. The van der Waals surface area contributed by atoms with E-state index in [0.717, 1.165) is 45.7 Å². The minimum Gasteiger partial charge on any atom is -0.382 e. The molecule has 2 aromatic heterocycles. The van der Waals surface area contributed by atoms with Crippen molar-refractivity contribution in [3.8, 4) is 11.1 Å². The number of amides is 1. The number of benzene rings is 2. The van der Waals surface area contributed by atoms with Gasteiger partial charge in [-0.3, -0.25) is 4.79 Å². The molecule has 32 heavy (non-hydrogen) atoms. The molecule has 0 fully saturated rings. The number of fused-ring (bicyclic) bond motifs is 9. The molecule has 2 bridgehead atoms. The average Bonchev–Trinajstić information content (AvgIpc) is 3.25. The minimum atomic E-state index is -1.12. The quantitative estimate of drug-likeness (QED) is 0.510. The maximum absolute atomic E-state index is 13.2. The number of carbonyl (C=O) groups is 1. The molecule has 2 N–H and O–H groups in total. The van der Waals surface area contributed by atoms with Crippen LogP contribution in [-0.2, 0) is 5.60 Å². The molecule has 6 rings (SSSR count). The molecule has 7 heteroatoms. The Morgan fingerprint density at radius 3 is 2.62 bits per heavy atom. The third-order valence-corrected chi connectivity index (χ3v) is 6.51. The smallest absolute Gasteiger partial charge is 0.252 e. The highest BCUT2D eigenvalue weighted by Crippen LogP contribution is 2.47. The summed E-state index contributed by atoms with van der Waals surface area (Å²) in [5, 5.41) is 13.5. The van der Waals surface area contributed by atoms with E-state index in [2.05, 4.69) is 25.9 Å². The molecular weight excluding hydrogens is 402 g/mol. The van der Waals surface area contributed by atoms with E-state index in [1.807, 2.05) is 43.3 Å². The van der Waals surface area contributed by atoms with Crippen molar-refractivity contribution in [1.29, 1.82) is 0 Å². The Kier molecular flexibility index (Phi) is 3.86. The van der Waals surface area contributed by atoms with Crippen molar-refractivity contribution in [2.75, 3.05) is 0 Å². The van der Waals surface area contributed by atoms with Gasteiger partial charge >= 0.3 is 0 Å². The molecule has 2 aromatic carbocycles. The predicted molar refractivity (Wildman–Crippen MR) is 120 cm³/mol. The Morgan fingerprint density at radius 2 is 1.84 bits per heavy atom. The van der Waals surface area contributed by atoms with E-state index in [1.54, 1.807) is 20.0 Å². The second-order valence-corrected chi connectivity index (χ2v) is 9.12. The van der Waals surface area contributed by atoms with Crippen molar-refractivity contribution in [1.82, 2.24) is 24.8 Å². The van der Waals surface area contributed by atoms with E-state index >= 15 is 0 Å². The Hall–Kier alpha value is -3.58. The summed E-state index contributed by atoms with van der Waals surface area (Å²) in [4.78, 5) is 27.0. The summed E-state index contributed by atoms with van der Waals surface area (Å²) in [6.07, 6.45) is 2.51. The molecule has 2 aliphatic rings. The summed E-state index contributed by atoms with van der Waals surface area (Å²) in [5.74, 6) is 1.19. The standard InChI is InChI=1S/C25H23N5O2/c1-13-16(12-26-24(27-13)25(2,3)32)14-7-6-8-15-21(14)20-11-18(29-23(15)31)22-28-17-9-4-5-10-19(17)30(20)22/h4-10,12,18,20,32H,11H2,1-3H3,(H,29,31). The van der Waals surface area contributed by atoms with Crippen molar-refractivity contribution in [3.05, 3.63) is 77.1 Å². The summed E-state index contributed by atoms with van der Waals surface area (Å²) in [6, 6.07) is 13.8. The van der Waals surface area contributed by atoms with Crippen LogP contribution in [0.3, 0.4) is 0 Å². The Morgan fingerprint density at radius 1 is 1.06 bits per heavy atom. The first kappa shape index (κ1) is 19.1. The van der Waals surface area contributed by atoms with Gasteiger partial charge in [0.15, 0.2) is 5.82 Å². The minimum absolute atomic E-state index is 0.0269. The SMILES string of the molecule is Cc1nc(C(C)(C)O)ncc1-c1cccc2c1C1CC(NC2=O)c2nc3ccccc3n21. The van der Waals surface area contributed by atoms with Gasteiger partial charge in [-0.1, -0.05) is 24.3 Å². The van der Waals surface area contributed by atoms with Gasteiger partial charge in [0.2, 0.25) is 0 Å². The maximum Gasteiger partial charge on any atom is 0.252 e. The molecule has 0 aliphatic carbocycles. The molecule has 0 spiro atoms. The van der Waals surface area contributed by atoms with Crippen LogP contribution >= 0.6 is 0 Å². The van der Waals surface area contributed by atoms with E-state index in [0.29, 0.717) is 11.4 Å². The first-order valence-electron chi connectivity index (χ1n) is 10.8. The summed E-state index contributed by atoms with van der Waals surface area (Å²) in [7, 11) is 0. The maximum atomic E-state index is 13.2. The summed E-state index contributed by atoms with van der Waals surface area (Å²) < 4.78 is 2.27. The second-order valence-electron chi connectivity index (χ2n) is 9.12. The third kappa shape index (κ3) is 2.64. The lowest BCUT2D eigenvalue weighted by Crippen LogP contribution is -2.28. The highest BCUT2D eigenvalue weighted by Gasteiger charge is 2.41. The van der Waals surface area contributed by atoms with Gasteiger partial charge in [-0.05, 0) is 56.5 Å². The van der Waals surface area contributed by atoms with Crippen LogP contribution in [0.4, 0.5) is 0 Å². The van der Waals surface area contributed by atoms with Crippen LogP contribution in [0.5, 0.6) is 0 Å². The number of nitrogens with zero attached hydrogens (tertiary/aromatic N) is 4. The van der Waals surface area contributed by atoms with Gasteiger partial charge in [-0.25, -0.2) is 15.0 Å². The van der Waals surface area contributed by atoms with Crippen LogP contribution in [-0.4, -0.2) is 30.5 Å². The second kappa shape index (κ2) is 6.46. The number of hydrogen-bond donors (Lipinski definition) is 2. The molecule has 0 saturated heterocycles. The van der Waals surface area contributed by atoms with Gasteiger partial charge in [0.1, 0.15) is 11.4 Å². The van der Waals surface area contributed by atoms with Crippen molar-refractivity contribution < 1.29 is 9.90 Å². The summed E-state index contributed by atoms with van der Waals surface area (Å²) in [6.45, 7) is 5.26. The van der Waals surface area contributed by atoms with E-state index in [-0.39, 0.29) is 18.0 Å². The molecule has 2 aliphatic heterocycles. The monoisotopic (exact) mass is 425 g/mol. The van der Waals surface area contributed by atoms with Gasteiger partial charge in [0, 0.05) is 23.0 Å². The first-order chi connectivity index (χ1) is 15.3. The summed E-state index contributed by atoms with van der Waals surface area (Å²) >= 11 is 0. The number of aromatic nitrogens is 4.